The Morgan fingerprint density at radius 3 is 2.48 bits per heavy atom. The standard InChI is InChI=1S/C21H19N3O/c1-14-10-15(2)12-17(11-14)22-21-20(16-6-5-7-18(25)13-16)23-19-8-3-4-9-24(19)21/h3-13,22,25H,1-2H3. The van der Waals surface area contributed by atoms with E-state index >= 15 is 0 Å². The molecule has 4 aromatic rings. The number of aromatic hydroxyl groups is 1. The molecule has 0 unspecified atom stereocenters. The van der Waals surface area contributed by atoms with Crippen LogP contribution in [0.1, 0.15) is 11.1 Å². The zero-order valence-electron chi connectivity index (χ0n) is 14.2. The molecule has 124 valence electrons. The molecule has 0 saturated carbocycles. The Morgan fingerprint density at radius 1 is 0.920 bits per heavy atom. The summed E-state index contributed by atoms with van der Waals surface area (Å²) in [4.78, 5) is 4.75. The number of nitrogens with zero attached hydrogens (tertiary/aromatic N) is 2. The fourth-order valence-corrected chi connectivity index (χ4v) is 3.15. The van der Waals surface area contributed by atoms with Crippen LogP contribution in [0.5, 0.6) is 5.75 Å². The van der Waals surface area contributed by atoms with Gasteiger partial charge in [0.15, 0.2) is 0 Å². The van der Waals surface area contributed by atoms with Crippen LogP contribution in [0.2, 0.25) is 0 Å². The molecule has 0 aliphatic heterocycles. The van der Waals surface area contributed by atoms with E-state index in [0.717, 1.165) is 28.4 Å². The molecule has 4 heteroatoms. The number of benzene rings is 2. The number of nitrogens with one attached hydrogen (secondary N) is 1. The van der Waals surface area contributed by atoms with Crippen molar-refractivity contribution in [3.63, 3.8) is 0 Å². The number of pyridine rings is 1. The summed E-state index contributed by atoms with van der Waals surface area (Å²) >= 11 is 0. The fourth-order valence-electron chi connectivity index (χ4n) is 3.15. The van der Waals surface area contributed by atoms with Gasteiger partial charge in [0.1, 0.15) is 22.9 Å². The normalized spacial score (nSPS) is 11.0. The van der Waals surface area contributed by atoms with E-state index in [-0.39, 0.29) is 5.75 Å². The topological polar surface area (TPSA) is 49.6 Å². The van der Waals surface area contributed by atoms with Crippen molar-refractivity contribution in [3.05, 3.63) is 78.0 Å². The van der Waals surface area contributed by atoms with Crippen LogP contribution in [-0.2, 0) is 0 Å². The van der Waals surface area contributed by atoms with Crippen molar-refractivity contribution in [3.8, 4) is 17.0 Å². The van der Waals surface area contributed by atoms with Crippen LogP contribution >= 0.6 is 0 Å². The first-order chi connectivity index (χ1) is 12.1. The molecule has 0 aliphatic carbocycles. The molecule has 0 atom stereocenters. The Hall–Kier alpha value is -3.27. The number of hydrogen-bond donors (Lipinski definition) is 2. The van der Waals surface area contributed by atoms with E-state index in [2.05, 4.69) is 37.4 Å². The molecule has 2 aromatic heterocycles. The molecule has 4 nitrogen and oxygen atoms in total. The number of rotatable bonds is 3. The van der Waals surface area contributed by atoms with Crippen LogP contribution in [0, 0.1) is 13.8 Å². The van der Waals surface area contributed by atoms with Crippen molar-refractivity contribution in [2.75, 3.05) is 5.32 Å². The summed E-state index contributed by atoms with van der Waals surface area (Å²) in [6, 6.07) is 19.5. The van der Waals surface area contributed by atoms with E-state index in [4.69, 9.17) is 4.98 Å². The first kappa shape index (κ1) is 15.3. The number of fused-ring (bicyclic) bond motifs is 1. The van der Waals surface area contributed by atoms with Crippen LogP contribution in [0.15, 0.2) is 66.9 Å². The SMILES string of the molecule is Cc1cc(C)cc(Nc2c(-c3cccc(O)c3)nc3ccccn23)c1. The maximum Gasteiger partial charge on any atom is 0.143 e. The van der Waals surface area contributed by atoms with Gasteiger partial charge in [-0.2, -0.15) is 0 Å². The minimum atomic E-state index is 0.229. The molecule has 2 N–H and O–H groups in total. The summed E-state index contributed by atoms with van der Waals surface area (Å²) in [5, 5.41) is 13.4. The monoisotopic (exact) mass is 329 g/mol. The third-order valence-electron chi connectivity index (χ3n) is 4.13. The van der Waals surface area contributed by atoms with Crippen molar-refractivity contribution in [2.45, 2.75) is 13.8 Å². The maximum absolute atomic E-state index is 9.85. The number of phenols is 1. The molecule has 0 aliphatic rings. The number of aryl methyl sites for hydroxylation is 2. The van der Waals surface area contributed by atoms with Gasteiger partial charge in [0.05, 0.1) is 0 Å². The average Bonchev–Trinajstić information content (AvgIpc) is 2.93. The van der Waals surface area contributed by atoms with Gasteiger partial charge in [0, 0.05) is 17.4 Å². The maximum atomic E-state index is 9.85. The van der Waals surface area contributed by atoms with Crippen LogP contribution in [0.4, 0.5) is 11.5 Å². The molecular weight excluding hydrogens is 310 g/mol. The second-order valence-corrected chi connectivity index (χ2v) is 6.29. The second-order valence-electron chi connectivity index (χ2n) is 6.29. The van der Waals surface area contributed by atoms with Crippen LogP contribution in [0.3, 0.4) is 0 Å². The minimum Gasteiger partial charge on any atom is -0.508 e. The summed E-state index contributed by atoms with van der Waals surface area (Å²) in [7, 11) is 0. The lowest BCUT2D eigenvalue weighted by Crippen LogP contribution is -1.97. The molecule has 2 heterocycles. The van der Waals surface area contributed by atoms with Gasteiger partial charge in [0.25, 0.3) is 0 Å². The van der Waals surface area contributed by atoms with Gasteiger partial charge in [0.2, 0.25) is 0 Å². The molecule has 0 amide bonds. The highest BCUT2D eigenvalue weighted by Gasteiger charge is 2.14. The fraction of sp³-hybridized carbons (Fsp3) is 0.0952. The first-order valence-electron chi connectivity index (χ1n) is 8.22. The second kappa shape index (κ2) is 5.98. The molecule has 4 rings (SSSR count). The largest absolute Gasteiger partial charge is 0.508 e. The lowest BCUT2D eigenvalue weighted by molar-refractivity contribution is 0.475. The average molecular weight is 329 g/mol. The third-order valence-corrected chi connectivity index (χ3v) is 4.13. The van der Waals surface area contributed by atoms with Crippen LogP contribution < -0.4 is 5.32 Å². The first-order valence-corrected chi connectivity index (χ1v) is 8.22. The highest BCUT2D eigenvalue weighted by atomic mass is 16.3. The lowest BCUT2D eigenvalue weighted by atomic mass is 10.1. The van der Waals surface area contributed by atoms with Gasteiger partial charge in [-0.1, -0.05) is 24.3 Å². The molecule has 0 saturated heterocycles. The predicted octanol–water partition coefficient (Wildman–Crippen LogP) is 5.07. The molecular formula is C21H19N3O. The van der Waals surface area contributed by atoms with E-state index in [9.17, 15) is 5.11 Å². The summed E-state index contributed by atoms with van der Waals surface area (Å²) < 4.78 is 2.02. The van der Waals surface area contributed by atoms with Crippen LogP contribution in [-0.4, -0.2) is 14.5 Å². The van der Waals surface area contributed by atoms with Crippen molar-refractivity contribution in [2.24, 2.45) is 0 Å². The Kier molecular flexibility index (Phi) is 3.65. The Labute approximate surface area is 146 Å². The Morgan fingerprint density at radius 2 is 1.72 bits per heavy atom. The Balaban J connectivity index is 1.90. The van der Waals surface area contributed by atoms with Gasteiger partial charge in [-0.3, -0.25) is 4.40 Å². The van der Waals surface area contributed by atoms with Gasteiger partial charge in [-0.25, -0.2) is 4.98 Å². The predicted molar refractivity (Wildman–Crippen MR) is 101 cm³/mol. The number of anilines is 2. The quantitative estimate of drug-likeness (QED) is 0.552. The van der Waals surface area contributed by atoms with Crippen molar-refractivity contribution < 1.29 is 5.11 Å². The molecule has 0 bridgehead atoms. The van der Waals surface area contributed by atoms with Crippen LogP contribution in [0.25, 0.3) is 16.9 Å². The highest BCUT2D eigenvalue weighted by molar-refractivity contribution is 5.80. The smallest absolute Gasteiger partial charge is 0.143 e. The van der Waals surface area contributed by atoms with E-state index in [1.54, 1.807) is 12.1 Å². The zero-order chi connectivity index (χ0) is 17.4. The molecule has 0 spiro atoms. The highest BCUT2D eigenvalue weighted by Crippen LogP contribution is 2.32. The molecule has 25 heavy (non-hydrogen) atoms. The van der Waals surface area contributed by atoms with E-state index in [1.807, 2.05) is 40.9 Å². The lowest BCUT2D eigenvalue weighted by Gasteiger charge is -2.11. The molecule has 0 fully saturated rings. The summed E-state index contributed by atoms with van der Waals surface area (Å²) in [6.45, 7) is 4.17. The number of phenolic OH excluding ortho intramolecular Hbond substituents is 1. The minimum absolute atomic E-state index is 0.229. The zero-order valence-corrected chi connectivity index (χ0v) is 14.2. The Bertz CT molecular complexity index is 1050. The van der Waals surface area contributed by atoms with Crippen molar-refractivity contribution >= 4 is 17.2 Å². The molecule has 2 aromatic carbocycles. The van der Waals surface area contributed by atoms with Gasteiger partial charge < -0.3 is 10.4 Å². The number of aromatic nitrogens is 2. The van der Waals surface area contributed by atoms with E-state index < -0.39 is 0 Å². The number of hydrogen-bond acceptors (Lipinski definition) is 3. The summed E-state index contributed by atoms with van der Waals surface area (Å²) in [5.74, 6) is 1.11. The van der Waals surface area contributed by atoms with Gasteiger partial charge in [-0.05, 0) is 61.4 Å². The van der Waals surface area contributed by atoms with E-state index in [1.165, 1.54) is 11.1 Å². The summed E-state index contributed by atoms with van der Waals surface area (Å²) in [6.07, 6.45) is 1.99. The third kappa shape index (κ3) is 2.94. The molecule has 0 radical (unpaired) electrons. The van der Waals surface area contributed by atoms with Gasteiger partial charge >= 0.3 is 0 Å². The van der Waals surface area contributed by atoms with Gasteiger partial charge in [-0.15, -0.1) is 0 Å². The van der Waals surface area contributed by atoms with Crippen molar-refractivity contribution in [1.82, 2.24) is 9.38 Å². The van der Waals surface area contributed by atoms with E-state index in [0.29, 0.717) is 0 Å². The van der Waals surface area contributed by atoms with Crippen molar-refractivity contribution in [1.29, 1.82) is 0 Å². The number of imidazole rings is 1. The summed E-state index contributed by atoms with van der Waals surface area (Å²) in [5.41, 5.74) is 5.96.